The van der Waals surface area contributed by atoms with Gasteiger partial charge in [0, 0.05) is 6.72 Å². The van der Waals surface area contributed by atoms with E-state index in [2.05, 4.69) is 11.8 Å². The topological polar surface area (TPSA) is 41.9 Å². The van der Waals surface area contributed by atoms with E-state index >= 15 is 0 Å². The molecule has 0 bridgehead atoms. The Morgan fingerprint density at radius 2 is 1.80 bits per heavy atom. The molecule has 4 heteroatoms. The predicted molar refractivity (Wildman–Crippen MR) is 82.2 cm³/mol. The monoisotopic (exact) mass is 270 g/mol. The normalized spacial score (nSPS) is 11.2. The number of ether oxygens (including phenoxy) is 1. The third kappa shape index (κ3) is 3.15. The van der Waals surface area contributed by atoms with Gasteiger partial charge in [-0.1, -0.05) is 30.3 Å². The quantitative estimate of drug-likeness (QED) is 0.606. The molecule has 0 heterocycles. The van der Waals surface area contributed by atoms with Crippen molar-refractivity contribution in [3.05, 3.63) is 42.5 Å². The number of anilines is 1. The van der Waals surface area contributed by atoms with Crippen LogP contribution in [0.1, 0.15) is 20.8 Å². The van der Waals surface area contributed by atoms with Gasteiger partial charge in [0.2, 0.25) is 0 Å². The first-order valence-electron chi connectivity index (χ1n) is 6.39. The van der Waals surface area contributed by atoms with Gasteiger partial charge in [-0.2, -0.15) is 10.1 Å². The Bertz CT molecular complexity index is 644. The lowest BCUT2D eigenvalue weighted by atomic mass is 10.1. The number of amides is 1. The number of fused-ring (bicyclic) bond motifs is 1. The van der Waals surface area contributed by atoms with Crippen molar-refractivity contribution in [1.82, 2.24) is 0 Å². The summed E-state index contributed by atoms with van der Waals surface area (Å²) in [4.78, 5) is 12.1. The molecule has 0 aromatic heterocycles. The Labute approximate surface area is 118 Å². The van der Waals surface area contributed by atoms with Crippen LogP contribution in [0, 0.1) is 0 Å². The number of hydrogen-bond donors (Lipinski definition) is 0. The maximum absolute atomic E-state index is 12.1. The number of nitrogens with zero attached hydrogens (tertiary/aromatic N) is 2. The molecule has 0 aliphatic heterocycles. The summed E-state index contributed by atoms with van der Waals surface area (Å²) in [7, 11) is 0. The van der Waals surface area contributed by atoms with Crippen molar-refractivity contribution >= 4 is 29.3 Å². The molecule has 0 fully saturated rings. The average molecular weight is 270 g/mol. The minimum Gasteiger partial charge on any atom is -0.442 e. The zero-order valence-electron chi connectivity index (χ0n) is 12.0. The molecule has 0 radical (unpaired) electrons. The van der Waals surface area contributed by atoms with E-state index in [1.54, 1.807) is 0 Å². The second-order valence-electron chi connectivity index (χ2n) is 5.47. The molecule has 0 saturated heterocycles. The van der Waals surface area contributed by atoms with Crippen LogP contribution < -0.4 is 5.01 Å². The Kier molecular flexibility index (Phi) is 3.74. The summed E-state index contributed by atoms with van der Waals surface area (Å²) in [6.07, 6.45) is -0.539. The summed E-state index contributed by atoms with van der Waals surface area (Å²) in [5.41, 5.74) is 0.0598. The maximum atomic E-state index is 12.1. The number of rotatable bonds is 2. The van der Waals surface area contributed by atoms with Crippen LogP contribution in [0.25, 0.3) is 10.8 Å². The Morgan fingerprint density at radius 3 is 2.40 bits per heavy atom. The first-order chi connectivity index (χ1) is 9.40. The fraction of sp³-hybridized carbons (Fsp3) is 0.250. The molecule has 0 unspecified atom stereocenters. The van der Waals surface area contributed by atoms with Crippen molar-refractivity contribution in [2.24, 2.45) is 5.10 Å². The largest absolute Gasteiger partial charge is 0.442 e. The molecule has 0 atom stereocenters. The smallest absolute Gasteiger partial charge is 0.435 e. The highest BCUT2D eigenvalue weighted by atomic mass is 16.6. The second-order valence-corrected chi connectivity index (χ2v) is 5.47. The second kappa shape index (κ2) is 5.33. The molecule has 0 aliphatic rings. The fourth-order valence-corrected chi connectivity index (χ4v) is 1.86. The van der Waals surface area contributed by atoms with Crippen LogP contribution >= 0.6 is 0 Å². The third-order valence-electron chi connectivity index (χ3n) is 2.69. The summed E-state index contributed by atoms with van der Waals surface area (Å²) in [5.74, 6) is 0. The van der Waals surface area contributed by atoms with E-state index in [-0.39, 0.29) is 0 Å². The summed E-state index contributed by atoms with van der Waals surface area (Å²) >= 11 is 0. The van der Waals surface area contributed by atoms with Gasteiger partial charge in [0.1, 0.15) is 5.60 Å². The highest BCUT2D eigenvalue weighted by molar-refractivity contribution is 5.92. The summed E-state index contributed by atoms with van der Waals surface area (Å²) in [5, 5.41) is 7.05. The number of hydrogen-bond acceptors (Lipinski definition) is 3. The Hall–Kier alpha value is -2.36. The van der Waals surface area contributed by atoms with Crippen molar-refractivity contribution in [2.75, 3.05) is 5.01 Å². The molecule has 20 heavy (non-hydrogen) atoms. The number of benzene rings is 2. The zero-order chi connectivity index (χ0) is 14.8. The van der Waals surface area contributed by atoms with E-state index < -0.39 is 11.7 Å². The zero-order valence-corrected chi connectivity index (χ0v) is 12.0. The molecule has 0 aliphatic carbocycles. The Morgan fingerprint density at radius 1 is 1.15 bits per heavy atom. The highest BCUT2D eigenvalue weighted by Crippen LogP contribution is 2.23. The van der Waals surface area contributed by atoms with Gasteiger partial charge in [-0.15, -0.1) is 0 Å². The first kappa shape index (κ1) is 14.1. The summed E-state index contributed by atoms with van der Waals surface area (Å²) in [6.45, 7) is 8.88. The SMILES string of the molecule is C=NN(C(=O)OC(C)(C)C)c1ccc2ccccc2c1. The highest BCUT2D eigenvalue weighted by Gasteiger charge is 2.22. The molecule has 2 aromatic rings. The van der Waals surface area contributed by atoms with Gasteiger partial charge in [-0.25, -0.2) is 4.79 Å². The van der Waals surface area contributed by atoms with Crippen LogP contribution in [0.3, 0.4) is 0 Å². The Balaban J connectivity index is 2.34. The molecule has 2 rings (SSSR count). The molecule has 0 saturated carbocycles. The summed E-state index contributed by atoms with van der Waals surface area (Å²) < 4.78 is 5.31. The average Bonchev–Trinajstić information content (AvgIpc) is 2.37. The van der Waals surface area contributed by atoms with Gasteiger partial charge in [0.05, 0.1) is 5.69 Å². The van der Waals surface area contributed by atoms with E-state index in [4.69, 9.17) is 4.74 Å². The molecule has 0 spiro atoms. The molecule has 2 aromatic carbocycles. The number of hydrazone groups is 1. The molecular formula is C16H18N2O2. The van der Waals surface area contributed by atoms with Gasteiger partial charge in [-0.05, 0) is 43.7 Å². The van der Waals surface area contributed by atoms with Crippen LogP contribution in [-0.4, -0.2) is 18.4 Å². The standard InChI is InChI=1S/C16H18N2O2/c1-16(2,3)20-15(19)18(17-4)14-10-9-12-7-5-6-8-13(12)11-14/h5-11H,4H2,1-3H3. The third-order valence-corrected chi connectivity index (χ3v) is 2.69. The van der Waals surface area contributed by atoms with Crippen molar-refractivity contribution < 1.29 is 9.53 Å². The molecule has 1 amide bonds. The summed E-state index contributed by atoms with van der Waals surface area (Å²) in [6, 6.07) is 13.6. The lowest BCUT2D eigenvalue weighted by Gasteiger charge is -2.24. The minimum atomic E-state index is -0.573. The molecular weight excluding hydrogens is 252 g/mol. The molecule has 104 valence electrons. The van der Waals surface area contributed by atoms with Crippen LogP contribution in [-0.2, 0) is 4.74 Å². The van der Waals surface area contributed by atoms with Crippen LogP contribution in [0.5, 0.6) is 0 Å². The number of carbonyl (C=O) groups excluding carboxylic acids is 1. The van der Waals surface area contributed by atoms with E-state index in [0.29, 0.717) is 5.69 Å². The van der Waals surface area contributed by atoms with Gasteiger partial charge in [0.15, 0.2) is 0 Å². The van der Waals surface area contributed by atoms with E-state index in [9.17, 15) is 4.79 Å². The van der Waals surface area contributed by atoms with Crippen molar-refractivity contribution in [1.29, 1.82) is 0 Å². The van der Waals surface area contributed by atoms with Gasteiger partial charge in [0.25, 0.3) is 0 Å². The lowest BCUT2D eigenvalue weighted by Crippen LogP contribution is -2.33. The predicted octanol–water partition coefficient (Wildman–Crippen LogP) is 4.20. The van der Waals surface area contributed by atoms with Gasteiger partial charge < -0.3 is 4.74 Å². The molecule has 4 nitrogen and oxygen atoms in total. The van der Waals surface area contributed by atoms with Crippen LogP contribution in [0.15, 0.2) is 47.6 Å². The van der Waals surface area contributed by atoms with Crippen molar-refractivity contribution in [2.45, 2.75) is 26.4 Å². The van der Waals surface area contributed by atoms with Gasteiger partial charge in [-0.3, -0.25) is 0 Å². The van der Waals surface area contributed by atoms with E-state index in [1.807, 2.05) is 63.2 Å². The van der Waals surface area contributed by atoms with Crippen molar-refractivity contribution in [3.8, 4) is 0 Å². The first-order valence-corrected chi connectivity index (χ1v) is 6.39. The van der Waals surface area contributed by atoms with Crippen LogP contribution in [0.2, 0.25) is 0 Å². The van der Waals surface area contributed by atoms with E-state index in [1.165, 1.54) is 0 Å². The van der Waals surface area contributed by atoms with Crippen molar-refractivity contribution in [3.63, 3.8) is 0 Å². The lowest BCUT2D eigenvalue weighted by molar-refractivity contribution is 0.0582. The van der Waals surface area contributed by atoms with E-state index in [0.717, 1.165) is 15.8 Å². The van der Waals surface area contributed by atoms with Crippen LogP contribution in [0.4, 0.5) is 10.5 Å². The maximum Gasteiger partial charge on any atom is 0.435 e. The number of carbonyl (C=O) groups is 1. The van der Waals surface area contributed by atoms with Gasteiger partial charge >= 0.3 is 6.09 Å². The fourth-order valence-electron chi connectivity index (χ4n) is 1.86. The minimum absolute atomic E-state index is 0.539. The molecule has 0 N–H and O–H groups in total.